The van der Waals surface area contributed by atoms with E-state index in [4.69, 9.17) is 11.1 Å². The van der Waals surface area contributed by atoms with E-state index in [1.165, 1.54) is 12.8 Å². The van der Waals surface area contributed by atoms with E-state index in [1.54, 1.807) is 0 Å². The maximum absolute atomic E-state index is 7.11. The summed E-state index contributed by atoms with van der Waals surface area (Å²) in [5.74, 6) is 1.63. The maximum Gasteiger partial charge on any atom is 0.185 e. The predicted molar refractivity (Wildman–Crippen MR) is 62.4 cm³/mol. The topological polar surface area (TPSA) is 61.9 Å². The van der Waals surface area contributed by atoms with Crippen LogP contribution in [-0.2, 0) is 0 Å². The molecule has 0 radical (unpaired) electrons. The highest BCUT2D eigenvalue weighted by molar-refractivity contribution is 5.74. The molecule has 0 saturated heterocycles. The van der Waals surface area contributed by atoms with Crippen LogP contribution in [0.5, 0.6) is 0 Å². The molecule has 84 valence electrons. The first-order chi connectivity index (χ1) is 6.47. The van der Waals surface area contributed by atoms with Gasteiger partial charge in [-0.1, -0.05) is 27.2 Å². The van der Waals surface area contributed by atoms with Crippen molar-refractivity contribution < 1.29 is 0 Å². The highest BCUT2D eigenvalue weighted by Gasteiger charge is 2.12. The second-order valence-corrected chi connectivity index (χ2v) is 4.45. The number of nitrogens with two attached hydrogens (primary N) is 1. The summed E-state index contributed by atoms with van der Waals surface area (Å²) in [7, 11) is 0. The number of hydrogen-bond donors (Lipinski definition) is 3. The van der Waals surface area contributed by atoms with Gasteiger partial charge >= 0.3 is 0 Å². The van der Waals surface area contributed by atoms with Crippen LogP contribution >= 0.6 is 0 Å². The van der Waals surface area contributed by atoms with Gasteiger partial charge in [0.2, 0.25) is 0 Å². The first-order valence-electron chi connectivity index (χ1n) is 5.57. The average Bonchev–Trinajstić information content (AvgIpc) is 2.03. The van der Waals surface area contributed by atoms with Gasteiger partial charge in [-0.2, -0.15) is 0 Å². The van der Waals surface area contributed by atoms with Gasteiger partial charge in [-0.05, 0) is 31.6 Å². The molecule has 0 aromatic rings. The van der Waals surface area contributed by atoms with E-state index in [9.17, 15) is 0 Å². The summed E-state index contributed by atoms with van der Waals surface area (Å²) in [6.45, 7) is 8.87. The number of nitrogens with one attached hydrogen (secondary N) is 2. The molecule has 4 N–H and O–H groups in total. The molecular weight excluding hydrogens is 174 g/mol. The Morgan fingerprint density at radius 2 is 1.86 bits per heavy atom. The molecular formula is C11H25N3. The zero-order chi connectivity index (χ0) is 11.1. The molecule has 0 saturated carbocycles. The quantitative estimate of drug-likeness (QED) is 0.454. The van der Waals surface area contributed by atoms with Crippen molar-refractivity contribution in [2.24, 2.45) is 17.6 Å². The smallest absolute Gasteiger partial charge is 0.185 e. The van der Waals surface area contributed by atoms with Crippen molar-refractivity contribution in [3.05, 3.63) is 0 Å². The van der Waals surface area contributed by atoms with E-state index in [2.05, 4.69) is 33.0 Å². The Morgan fingerprint density at radius 1 is 1.29 bits per heavy atom. The van der Waals surface area contributed by atoms with E-state index in [0.717, 1.165) is 18.3 Å². The Balaban J connectivity index is 3.73. The van der Waals surface area contributed by atoms with Crippen molar-refractivity contribution in [2.75, 3.05) is 0 Å². The molecule has 0 aliphatic rings. The molecule has 0 bridgehead atoms. The lowest BCUT2D eigenvalue weighted by molar-refractivity contribution is 0.328. The van der Waals surface area contributed by atoms with Crippen LogP contribution in [0.15, 0.2) is 0 Å². The van der Waals surface area contributed by atoms with E-state index in [1.807, 2.05) is 0 Å². The van der Waals surface area contributed by atoms with Crippen LogP contribution in [-0.4, -0.2) is 12.0 Å². The molecule has 2 atom stereocenters. The molecule has 0 aromatic carbocycles. The van der Waals surface area contributed by atoms with Crippen molar-refractivity contribution in [2.45, 2.75) is 53.0 Å². The first-order valence-corrected chi connectivity index (χ1v) is 5.57. The van der Waals surface area contributed by atoms with Crippen molar-refractivity contribution in [1.29, 1.82) is 5.41 Å². The average molecular weight is 199 g/mol. The van der Waals surface area contributed by atoms with Gasteiger partial charge in [-0.15, -0.1) is 0 Å². The summed E-state index contributed by atoms with van der Waals surface area (Å²) in [6, 6.07) is 0.320. The highest BCUT2D eigenvalue weighted by atomic mass is 15.1. The molecule has 3 nitrogen and oxygen atoms in total. The Bertz CT molecular complexity index is 166. The lowest BCUT2D eigenvalue weighted by Crippen LogP contribution is -2.37. The molecule has 14 heavy (non-hydrogen) atoms. The zero-order valence-corrected chi connectivity index (χ0v) is 9.93. The largest absolute Gasteiger partial charge is 0.370 e. The molecule has 0 heterocycles. The van der Waals surface area contributed by atoms with Gasteiger partial charge in [0.1, 0.15) is 0 Å². The maximum atomic E-state index is 7.11. The van der Waals surface area contributed by atoms with E-state index < -0.39 is 0 Å². The van der Waals surface area contributed by atoms with Crippen LogP contribution in [0.2, 0.25) is 0 Å². The highest BCUT2D eigenvalue weighted by Crippen LogP contribution is 2.21. The number of guanidine groups is 1. The molecule has 0 aliphatic carbocycles. The Labute approximate surface area is 88.0 Å². The third-order valence-electron chi connectivity index (χ3n) is 2.84. The van der Waals surface area contributed by atoms with Crippen molar-refractivity contribution >= 4 is 5.96 Å². The summed E-state index contributed by atoms with van der Waals surface area (Å²) in [4.78, 5) is 0. The van der Waals surface area contributed by atoms with Gasteiger partial charge < -0.3 is 11.1 Å². The molecule has 0 aliphatic heterocycles. The lowest BCUT2D eigenvalue weighted by Gasteiger charge is -2.21. The number of rotatable bonds is 6. The Hall–Kier alpha value is -0.730. The fourth-order valence-electron chi connectivity index (χ4n) is 1.81. The van der Waals surface area contributed by atoms with Gasteiger partial charge in [0.05, 0.1) is 0 Å². The standard InChI is InChI=1S/C11H25N3/c1-5-10(8(2)3)7-6-9(4)14-11(12)13/h8-10H,5-7H2,1-4H3,(H4,12,13,14). The van der Waals surface area contributed by atoms with Crippen LogP contribution < -0.4 is 11.1 Å². The van der Waals surface area contributed by atoms with Crippen LogP contribution in [0, 0.1) is 17.2 Å². The molecule has 0 rings (SSSR count). The van der Waals surface area contributed by atoms with Gasteiger partial charge in [-0.3, -0.25) is 5.41 Å². The summed E-state index contributed by atoms with van der Waals surface area (Å²) >= 11 is 0. The molecule has 3 heteroatoms. The summed E-state index contributed by atoms with van der Waals surface area (Å²) in [6.07, 6.45) is 3.55. The minimum atomic E-state index is 0.0788. The van der Waals surface area contributed by atoms with E-state index >= 15 is 0 Å². The Morgan fingerprint density at radius 3 is 2.21 bits per heavy atom. The minimum absolute atomic E-state index is 0.0788. The molecule has 0 spiro atoms. The van der Waals surface area contributed by atoms with Crippen molar-refractivity contribution in [3.8, 4) is 0 Å². The molecule has 0 aromatic heterocycles. The lowest BCUT2D eigenvalue weighted by atomic mass is 9.88. The summed E-state index contributed by atoms with van der Waals surface area (Å²) < 4.78 is 0. The minimum Gasteiger partial charge on any atom is -0.370 e. The third kappa shape index (κ3) is 5.84. The van der Waals surface area contributed by atoms with Crippen LogP contribution in [0.4, 0.5) is 0 Å². The second-order valence-electron chi connectivity index (χ2n) is 4.45. The molecule has 2 unspecified atom stereocenters. The third-order valence-corrected chi connectivity index (χ3v) is 2.84. The van der Waals surface area contributed by atoms with Gasteiger partial charge in [0.25, 0.3) is 0 Å². The van der Waals surface area contributed by atoms with Gasteiger partial charge in [0, 0.05) is 6.04 Å². The normalized spacial score (nSPS) is 15.2. The predicted octanol–water partition coefficient (Wildman–Crippen LogP) is 2.32. The van der Waals surface area contributed by atoms with Crippen LogP contribution in [0.1, 0.15) is 47.0 Å². The van der Waals surface area contributed by atoms with E-state index in [-0.39, 0.29) is 5.96 Å². The fraction of sp³-hybridized carbons (Fsp3) is 0.909. The summed E-state index contributed by atoms with van der Waals surface area (Å²) in [5, 5.41) is 10.0. The molecule has 0 fully saturated rings. The fourth-order valence-corrected chi connectivity index (χ4v) is 1.81. The Kier molecular flexibility index (Phi) is 6.34. The van der Waals surface area contributed by atoms with E-state index in [0.29, 0.717) is 6.04 Å². The first kappa shape index (κ1) is 13.3. The van der Waals surface area contributed by atoms with Crippen molar-refractivity contribution in [3.63, 3.8) is 0 Å². The van der Waals surface area contributed by atoms with Gasteiger partial charge in [0.15, 0.2) is 5.96 Å². The monoisotopic (exact) mass is 199 g/mol. The van der Waals surface area contributed by atoms with Gasteiger partial charge in [-0.25, -0.2) is 0 Å². The van der Waals surface area contributed by atoms with Crippen LogP contribution in [0.3, 0.4) is 0 Å². The SMILES string of the molecule is CCC(CCC(C)NC(=N)N)C(C)C. The van der Waals surface area contributed by atoms with Crippen LogP contribution in [0.25, 0.3) is 0 Å². The summed E-state index contributed by atoms with van der Waals surface area (Å²) in [5.41, 5.74) is 5.26. The second kappa shape index (κ2) is 6.68. The molecule has 0 amide bonds. The zero-order valence-electron chi connectivity index (χ0n) is 9.93. The van der Waals surface area contributed by atoms with Crippen molar-refractivity contribution in [1.82, 2.24) is 5.32 Å². The number of hydrogen-bond acceptors (Lipinski definition) is 1.